The summed E-state index contributed by atoms with van der Waals surface area (Å²) >= 11 is 0. The maximum atomic E-state index is 13.1. The van der Waals surface area contributed by atoms with E-state index < -0.39 is 16.4 Å². The predicted octanol–water partition coefficient (Wildman–Crippen LogP) is 2.33. The van der Waals surface area contributed by atoms with Gasteiger partial charge in [-0.2, -0.15) is 0 Å². The van der Waals surface area contributed by atoms with Crippen molar-refractivity contribution >= 4 is 5.69 Å². The van der Waals surface area contributed by atoms with Gasteiger partial charge in [-0.1, -0.05) is 6.92 Å². The molecule has 0 aliphatic heterocycles. The number of halogens is 1. The summed E-state index contributed by atoms with van der Waals surface area (Å²) in [4.78, 5) is 10.3. The first-order chi connectivity index (χ1) is 10.1. The minimum atomic E-state index is -0.684. The number of nitrogens with one attached hydrogen (secondary N) is 1. The van der Waals surface area contributed by atoms with Crippen molar-refractivity contribution in [2.75, 3.05) is 13.1 Å². The highest BCUT2D eigenvalue weighted by molar-refractivity contribution is 5.66. The minimum Gasteiger partial charge on any atom is -0.420 e. The Hall–Kier alpha value is -2.35. The van der Waals surface area contributed by atoms with Crippen molar-refractivity contribution in [3.63, 3.8) is 0 Å². The lowest BCUT2D eigenvalue weighted by Gasteiger charge is -1.99. The zero-order chi connectivity index (χ0) is 15.2. The van der Waals surface area contributed by atoms with Crippen LogP contribution < -0.4 is 5.32 Å². The van der Waals surface area contributed by atoms with E-state index in [-0.39, 0.29) is 11.5 Å². The molecule has 0 saturated heterocycles. The SMILES string of the molecule is CCNCCCc1nnc(-c2ccc(F)cc2[N+](=O)[O-])o1. The van der Waals surface area contributed by atoms with Crippen LogP contribution in [0.2, 0.25) is 0 Å². The van der Waals surface area contributed by atoms with E-state index in [9.17, 15) is 14.5 Å². The monoisotopic (exact) mass is 294 g/mol. The molecular formula is C13H15FN4O3. The predicted molar refractivity (Wildman–Crippen MR) is 73.2 cm³/mol. The van der Waals surface area contributed by atoms with Crippen LogP contribution in [0.15, 0.2) is 22.6 Å². The van der Waals surface area contributed by atoms with Crippen molar-refractivity contribution in [1.29, 1.82) is 0 Å². The zero-order valence-electron chi connectivity index (χ0n) is 11.5. The zero-order valence-corrected chi connectivity index (χ0v) is 11.5. The number of rotatable bonds is 7. The van der Waals surface area contributed by atoms with Gasteiger partial charge in [0.05, 0.1) is 11.0 Å². The molecule has 1 heterocycles. The van der Waals surface area contributed by atoms with Crippen molar-refractivity contribution in [3.05, 3.63) is 40.0 Å². The fourth-order valence-corrected chi connectivity index (χ4v) is 1.84. The van der Waals surface area contributed by atoms with Crippen molar-refractivity contribution < 1.29 is 13.7 Å². The second kappa shape index (κ2) is 6.89. The molecule has 0 saturated carbocycles. The van der Waals surface area contributed by atoms with E-state index in [1.807, 2.05) is 6.92 Å². The quantitative estimate of drug-likeness (QED) is 0.478. The highest BCUT2D eigenvalue weighted by Crippen LogP contribution is 2.29. The van der Waals surface area contributed by atoms with E-state index in [0.29, 0.717) is 12.3 Å². The van der Waals surface area contributed by atoms with Crippen LogP contribution in [0.4, 0.5) is 10.1 Å². The molecule has 0 radical (unpaired) electrons. The second-order valence-corrected chi connectivity index (χ2v) is 4.38. The average Bonchev–Trinajstić information content (AvgIpc) is 2.92. The van der Waals surface area contributed by atoms with Crippen LogP contribution in [-0.2, 0) is 6.42 Å². The second-order valence-electron chi connectivity index (χ2n) is 4.38. The summed E-state index contributed by atoms with van der Waals surface area (Å²) in [5, 5.41) is 21.8. The Labute approximate surface area is 120 Å². The number of hydrogen-bond donors (Lipinski definition) is 1. The average molecular weight is 294 g/mol. The molecule has 0 amide bonds. The molecule has 0 unspecified atom stereocenters. The molecule has 1 aromatic heterocycles. The summed E-state index contributed by atoms with van der Waals surface area (Å²) in [5.41, 5.74) is -0.273. The Morgan fingerprint density at radius 2 is 2.24 bits per heavy atom. The highest BCUT2D eigenvalue weighted by atomic mass is 19.1. The molecule has 0 aliphatic rings. The van der Waals surface area contributed by atoms with Crippen molar-refractivity contribution in [2.24, 2.45) is 0 Å². The molecule has 2 rings (SSSR count). The van der Waals surface area contributed by atoms with Gasteiger partial charge in [0, 0.05) is 6.42 Å². The van der Waals surface area contributed by atoms with Gasteiger partial charge in [-0.05, 0) is 31.6 Å². The van der Waals surface area contributed by atoms with Crippen LogP contribution in [0.1, 0.15) is 19.2 Å². The third kappa shape index (κ3) is 3.82. The Balaban J connectivity index is 2.16. The van der Waals surface area contributed by atoms with Crippen LogP contribution in [0.5, 0.6) is 0 Å². The molecule has 0 fully saturated rings. The number of benzene rings is 1. The van der Waals surface area contributed by atoms with Crippen LogP contribution in [0.25, 0.3) is 11.5 Å². The van der Waals surface area contributed by atoms with Gasteiger partial charge >= 0.3 is 0 Å². The molecule has 2 aromatic rings. The Kier molecular flexibility index (Phi) is 4.94. The molecule has 0 spiro atoms. The van der Waals surface area contributed by atoms with Gasteiger partial charge in [0.25, 0.3) is 11.6 Å². The van der Waals surface area contributed by atoms with E-state index in [0.717, 1.165) is 31.6 Å². The van der Waals surface area contributed by atoms with Gasteiger partial charge in [0.15, 0.2) is 0 Å². The number of nitro groups is 1. The Morgan fingerprint density at radius 1 is 1.43 bits per heavy atom. The molecule has 112 valence electrons. The van der Waals surface area contributed by atoms with Gasteiger partial charge in [0.2, 0.25) is 5.89 Å². The van der Waals surface area contributed by atoms with E-state index in [2.05, 4.69) is 15.5 Å². The standard InChI is InChI=1S/C13H15FN4O3/c1-2-15-7-3-4-12-16-17-13(21-12)10-6-5-9(14)8-11(10)18(19)20/h5-6,8,15H,2-4,7H2,1H3. The van der Waals surface area contributed by atoms with Crippen LogP contribution in [0.3, 0.4) is 0 Å². The summed E-state index contributed by atoms with van der Waals surface area (Å²) in [6, 6.07) is 3.23. The highest BCUT2D eigenvalue weighted by Gasteiger charge is 2.21. The van der Waals surface area contributed by atoms with Gasteiger partial charge in [-0.25, -0.2) is 4.39 Å². The van der Waals surface area contributed by atoms with Crippen LogP contribution in [0, 0.1) is 15.9 Å². The molecule has 21 heavy (non-hydrogen) atoms. The number of aromatic nitrogens is 2. The summed E-state index contributed by atoms with van der Waals surface area (Å²) in [6.07, 6.45) is 1.40. The molecule has 8 heteroatoms. The maximum absolute atomic E-state index is 13.1. The minimum absolute atomic E-state index is 0.0279. The number of nitro benzene ring substituents is 1. The molecule has 0 aliphatic carbocycles. The molecular weight excluding hydrogens is 279 g/mol. The fourth-order valence-electron chi connectivity index (χ4n) is 1.84. The third-order valence-corrected chi connectivity index (χ3v) is 2.85. The number of hydrogen-bond acceptors (Lipinski definition) is 6. The van der Waals surface area contributed by atoms with Crippen molar-refractivity contribution in [1.82, 2.24) is 15.5 Å². The van der Waals surface area contributed by atoms with Crippen LogP contribution in [-0.4, -0.2) is 28.2 Å². The summed E-state index contributed by atoms with van der Waals surface area (Å²) in [5.74, 6) is -0.252. The normalized spacial score (nSPS) is 10.8. The summed E-state index contributed by atoms with van der Waals surface area (Å²) in [7, 11) is 0. The third-order valence-electron chi connectivity index (χ3n) is 2.85. The van der Waals surface area contributed by atoms with Crippen molar-refractivity contribution in [3.8, 4) is 11.5 Å². The van der Waals surface area contributed by atoms with Gasteiger partial charge in [-0.3, -0.25) is 10.1 Å². The number of aryl methyl sites for hydroxylation is 1. The first-order valence-corrected chi connectivity index (χ1v) is 6.59. The smallest absolute Gasteiger partial charge is 0.285 e. The Morgan fingerprint density at radius 3 is 2.95 bits per heavy atom. The molecule has 0 bridgehead atoms. The molecule has 1 aromatic carbocycles. The lowest BCUT2D eigenvalue weighted by Crippen LogP contribution is -2.14. The van der Waals surface area contributed by atoms with Gasteiger partial charge in [-0.15, -0.1) is 10.2 Å². The molecule has 0 atom stereocenters. The largest absolute Gasteiger partial charge is 0.420 e. The van der Waals surface area contributed by atoms with Crippen LogP contribution >= 0.6 is 0 Å². The van der Waals surface area contributed by atoms with Gasteiger partial charge < -0.3 is 9.73 Å². The van der Waals surface area contributed by atoms with E-state index >= 15 is 0 Å². The Bertz CT molecular complexity index is 630. The number of nitrogens with zero attached hydrogens (tertiary/aromatic N) is 3. The lowest BCUT2D eigenvalue weighted by atomic mass is 10.2. The van der Waals surface area contributed by atoms with E-state index in [4.69, 9.17) is 4.42 Å². The first kappa shape index (κ1) is 15.0. The molecule has 7 nitrogen and oxygen atoms in total. The first-order valence-electron chi connectivity index (χ1n) is 6.59. The molecule has 1 N–H and O–H groups in total. The van der Waals surface area contributed by atoms with Crippen molar-refractivity contribution in [2.45, 2.75) is 19.8 Å². The summed E-state index contributed by atoms with van der Waals surface area (Å²) in [6.45, 7) is 3.72. The van der Waals surface area contributed by atoms with Gasteiger partial charge in [0.1, 0.15) is 11.4 Å². The summed E-state index contributed by atoms with van der Waals surface area (Å²) < 4.78 is 18.5. The van der Waals surface area contributed by atoms with E-state index in [1.165, 1.54) is 6.07 Å². The van der Waals surface area contributed by atoms with E-state index in [1.54, 1.807) is 0 Å². The lowest BCUT2D eigenvalue weighted by molar-refractivity contribution is -0.384. The fraction of sp³-hybridized carbons (Fsp3) is 0.385. The topological polar surface area (TPSA) is 94.1 Å². The maximum Gasteiger partial charge on any atom is 0.285 e.